The van der Waals surface area contributed by atoms with Crippen LogP contribution in [0.4, 0.5) is 10.5 Å². The van der Waals surface area contributed by atoms with Crippen molar-refractivity contribution in [3.05, 3.63) is 35.9 Å². The van der Waals surface area contributed by atoms with Crippen LogP contribution in [0.25, 0.3) is 6.08 Å². The Hall–Kier alpha value is -2.01. The SMILES string of the molecule is CC(C)(C)OC(=O)NCCC=Cc1cccc(N2CCOCC2)c1. The molecule has 0 spiro atoms. The molecule has 1 amide bonds. The number of rotatable bonds is 5. The average Bonchev–Trinajstić information content (AvgIpc) is 2.54. The van der Waals surface area contributed by atoms with Crippen molar-refractivity contribution in [3.8, 4) is 0 Å². The molecule has 1 N–H and O–H groups in total. The Labute approximate surface area is 144 Å². The number of morpholine rings is 1. The molecule has 0 radical (unpaired) electrons. The maximum atomic E-state index is 11.5. The first-order valence-electron chi connectivity index (χ1n) is 8.50. The van der Waals surface area contributed by atoms with Crippen LogP contribution in [0.1, 0.15) is 32.8 Å². The van der Waals surface area contributed by atoms with Gasteiger partial charge in [-0.25, -0.2) is 4.79 Å². The summed E-state index contributed by atoms with van der Waals surface area (Å²) in [5.41, 5.74) is 1.93. The number of nitrogens with one attached hydrogen (secondary N) is 1. The van der Waals surface area contributed by atoms with Crippen LogP contribution in [0.3, 0.4) is 0 Å². The van der Waals surface area contributed by atoms with E-state index >= 15 is 0 Å². The Morgan fingerprint density at radius 1 is 1.33 bits per heavy atom. The molecule has 1 aliphatic rings. The Kier molecular flexibility index (Phi) is 6.67. The third-order valence-corrected chi connectivity index (χ3v) is 3.54. The van der Waals surface area contributed by atoms with Crippen molar-refractivity contribution in [1.82, 2.24) is 5.32 Å². The molecule has 0 unspecified atom stereocenters. The van der Waals surface area contributed by atoms with Crippen molar-refractivity contribution in [3.63, 3.8) is 0 Å². The van der Waals surface area contributed by atoms with Crippen LogP contribution in [-0.4, -0.2) is 44.5 Å². The lowest BCUT2D eigenvalue weighted by atomic mass is 10.1. The largest absolute Gasteiger partial charge is 0.444 e. The van der Waals surface area contributed by atoms with E-state index in [4.69, 9.17) is 9.47 Å². The number of carbonyl (C=O) groups excluding carboxylic acids is 1. The molecule has 0 aromatic heterocycles. The average molecular weight is 332 g/mol. The van der Waals surface area contributed by atoms with Crippen molar-refractivity contribution in [2.24, 2.45) is 0 Å². The molecule has 1 fully saturated rings. The Morgan fingerprint density at radius 2 is 2.08 bits per heavy atom. The summed E-state index contributed by atoms with van der Waals surface area (Å²) in [5.74, 6) is 0. The fourth-order valence-electron chi connectivity index (χ4n) is 2.44. The third-order valence-electron chi connectivity index (χ3n) is 3.54. The highest BCUT2D eigenvalue weighted by molar-refractivity contribution is 5.67. The van der Waals surface area contributed by atoms with Crippen molar-refractivity contribution in [1.29, 1.82) is 0 Å². The van der Waals surface area contributed by atoms with Crippen molar-refractivity contribution >= 4 is 17.9 Å². The molecule has 5 heteroatoms. The predicted molar refractivity (Wildman–Crippen MR) is 97.4 cm³/mol. The Bertz CT molecular complexity index is 558. The first-order valence-corrected chi connectivity index (χ1v) is 8.50. The van der Waals surface area contributed by atoms with Crippen molar-refractivity contribution < 1.29 is 14.3 Å². The van der Waals surface area contributed by atoms with Gasteiger partial charge < -0.3 is 19.7 Å². The van der Waals surface area contributed by atoms with E-state index in [-0.39, 0.29) is 6.09 Å². The first kappa shape index (κ1) is 18.3. The van der Waals surface area contributed by atoms with E-state index < -0.39 is 5.60 Å². The van der Waals surface area contributed by atoms with Crippen molar-refractivity contribution in [2.75, 3.05) is 37.7 Å². The summed E-state index contributed by atoms with van der Waals surface area (Å²) in [6.07, 6.45) is 4.54. The van der Waals surface area contributed by atoms with E-state index in [0.717, 1.165) is 38.3 Å². The summed E-state index contributed by atoms with van der Waals surface area (Å²) >= 11 is 0. The number of hydrogen-bond donors (Lipinski definition) is 1. The normalized spacial score (nSPS) is 15.5. The third kappa shape index (κ3) is 6.62. The summed E-state index contributed by atoms with van der Waals surface area (Å²) in [4.78, 5) is 13.9. The summed E-state index contributed by atoms with van der Waals surface area (Å²) in [5, 5.41) is 2.75. The zero-order valence-electron chi connectivity index (χ0n) is 14.9. The number of benzene rings is 1. The quantitative estimate of drug-likeness (QED) is 0.839. The number of nitrogens with zero attached hydrogens (tertiary/aromatic N) is 1. The van der Waals surface area contributed by atoms with Gasteiger partial charge in [-0.3, -0.25) is 0 Å². The predicted octanol–water partition coefficient (Wildman–Crippen LogP) is 3.45. The van der Waals surface area contributed by atoms with Gasteiger partial charge in [-0.15, -0.1) is 0 Å². The molecule has 24 heavy (non-hydrogen) atoms. The van der Waals surface area contributed by atoms with Crippen LogP contribution in [0.5, 0.6) is 0 Å². The molecule has 1 aromatic rings. The van der Waals surface area contributed by atoms with Gasteiger partial charge in [0, 0.05) is 25.3 Å². The lowest BCUT2D eigenvalue weighted by Crippen LogP contribution is -2.36. The topological polar surface area (TPSA) is 50.8 Å². The van der Waals surface area contributed by atoms with Crippen LogP contribution in [0, 0.1) is 0 Å². The van der Waals surface area contributed by atoms with Crippen LogP contribution in [0.2, 0.25) is 0 Å². The van der Waals surface area contributed by atoms with Crippen LogP contribution < -0.4 is 10.2 Å². The molecule has 1 aromatic carbocycles. The molecule has 0 bridgehead atoms. The van der Waals surface area contributed by atoms with Gasteiger partial charge in [-0.1, -0.05) is 24.3 Å². The molecule has 5 nitrogen and oxygen atoms in total. The minimum atomic E-state index is -0.458. The number of alkyl carbamates (subject to hydrolysis) is 1. The van der Waals surface area contributed by atoms with Crippen LogP contribution in [0.15, 0.2) is 30.3 Å². The molecule has 132 valence electrons. The molecule has 2 rings (SSSR count). The van der Waals surface area contributed by atoms with E-state index in [9.17, 15) is 4.79 Å². The molecular weight excluding hydrogens is 304 g/mol. The molecule has 1 aliphatic heterocycles. The Morgan fingerprint density at radius 3 is 2.79 bits per heavy atom. The standard InChI is InChI=1S/C19H28N2O3/c1-19(2,3)24-18(22)20-10-5-4-7-16-8-6-9-17(15-16)21-11-13-23-14-12-21/h4,6-9,15H,5,10-14H2,1-3H3,(H,20,22). The van der Waals surface area contributed by atoms with E-state index in [1.54, 1.807) is 0 Å². The van der Waals surface area contributed by atoms with E-state index in [1.807, 2.05) is 20.8 Å². The zero-order chi connectivity index (χ0) is 17.4. The molecule has 0 saturated carbocycles. The van der Waals surface area contributed by atoms with Gasteiger partial charge in [0.05, 0.1) is 13.2 Å². The minimum Gasteiger partial charge on any atom is -0.444 e. The second-order valence-electron chi connectivity index (χ2n) is 6.81. The maximum absolute atomic E-state index is 11.5. The van der Waals surface area contributed by atoms with Crippen LogP contribution >= 0.6 is 0 Å². The maximum Gasteiger partial charge on any atom is 0.407 e. The second kappa shape index (κ2) is 8.73. The number of anilines is 1. The zero-order valence-corrected chi connectivity index (χ0v) is 14.9. The highest BCUT2D eigenvalue weighted by Gasteiger charge is 2.15. The molecule has 1 heterocycles. The van der Waals surface area contributed by atoms with Gasteiger partial charge in [0.15, 0.2) is 0 Å². The monoisotopic (exact) mass is 332 g/mol. The smallest absolute Gasteiger partial charge is 0.407 e. The lowest BCUT2D eigenvalue weighted by Gasteiger charge is -2.29. The van der Waals surface area contributed by atoms with E-state index in [0.29, 0.717) is 6.54 Å². The number of carbonyl (C=O) groups is 1. The van der Waals surface area contributed by atoms with Gasteiger partial charge in [0.1, 0.15) is 5.60 Å². The summed E-state index contributed by atoms with van der Waals surface area (Å²) in [6.45, 7) is 9.58. The minimum absolute atomic E-state index is 0.370. The second-order valence-corrected chi connectivity index (χ2v) is 6.81. The van der Waals surface area contributed by atoms with Gasteiger partial charge in [0.25, 0.3) is 0 Å². The summed E-state index contributed by atoms with van der Waals surface area (Å²) < 4.78 is 10.6. The fourth-order valence-corrected chi connectivity index (χ4v) is 2.44. The lowest BCUT2D eigenvalue weighted by molar-refractivity contribution is 0.0529. The van der Waals surface area contributed by atoms with E-state index in [1.165, 1.54) is 5.69 Å². The van der Waals surface area contributed by atoms with Gasteiger partial charge >= 0.3 is 6.09 Å². The van der Waals surface area contributed by atoms with Gasteiger partial charge in [0.2, 0.25) is 0 Å². The highest BCUT2D eigenvalue weighted by atomic mass is 16.6. The first-order chi connectivity index (χ1) is 11.4. The highest BCUT2D eigenvalue weighted by Crippen LogP contribution is 2.18. The molecule has 0 atom stereocenters. The van der Waals surface area contributed by atoms with E-state index in [2.05, 4.69) is 46.6 Å². The number of hydrogen-bond acceptors (Lipinski definition) is 4. The fraction of sp³-hybridized carbons (Fsp3) is 0.526. The van der Waals surface area contributed by atoms with Gasteiger partial charge in [-0.2, -0.15) is 0 Å². The summed E-state index contributed by atoms with van der Waals surface area (Å²) in [6, 6.07) is 8.47. The van der Waals surface area contributed by atoms with Crippen molar-refractivity contribution in [2.45, 2.75) is 32.8 Å². The Balaban J connectivity index is 1.77. The number of ether oxygens (including phenoxy) is 2. The molecular formula is C19H28N2O3. The number of amides is 1. The molecule has 0 aliphatic carbocycles. The van der Waals surface area contributed by atoms with Gasteiger partial charge in [-0.05, 0) is 44.9 Å². The van der Waals surface area contributed by atoms with Crippen LogP contribution in [-0.2, 0) is 9.47 Å². The summed E-state index contributed by atoms with van der Waals surface area (Å²) in [7, 11) is 0. The molecule has 1 saturated heterocycles.